The first-order valence-electron chi connectivity index (χ1n) is 1.64. The highest BCUT2D eigenvalue weighted by Crippen LogP contribution is 1.97. The van der Waals surface area contributed by atoms with E-state index >= 15 is 0 Å². The number of allylic oxidation sites excluding steroid dienone is 1. The quantitative estimate of drug-likeness (QED) is 0.303. The second-order valence-electron chi connectivity index (χ2n) is 0.656. The van der Waals surface area contributed by atoms with Crippen LogP contribution in [0, 0.1) is 0 Å². The van der Waals surface area contributed by atoms with Gasteiger partial charge in [0.2, 0.25) is 0 Å². The van der Waals surface area contributed by atoms with Crippen LogP contribution in [0.2, 0.25) is 0 Å². The largest absolute Gasteiger partial charge is 0.326 e. The van der Waals surface area contributed by atoms with Crippen molar-refractivity contribution in [2.24, 2.45) is 0 Å². The summed E-state index contributed by atoms with van der Waals surface area (Å²) in [5.74, 6) is 0. The van der Waals surface area contributed by atoms with Gasteiger partial charge in [-0.2, -0.15) is 0 Å². The zero-order chi connectivity index (χ0) is 6.28. The van der Waals surface area contributed by atoms with Crippen LogP contribution >= 0.6 is 33.2 Å². The maximum Gasteiger partial charge on any atom is 0.326 e. The standard InChI is InChI=1S/C3H6.Cl3HSi/c1-3-2;1-4(2)3/h3H,1H2,2H3;4H. The lowest BCUT2D eigenvalue weighted by Gasteiger charge is -1.65. The van der Waals surface area contributed by atoms with Gasteiger partial charge in [-0.1, -0.05) is 6.08 Å². The van der Waals surface area contributed by atoms with Gasteiger partial charge >= 0.3 is 6.73 Å². The highest BCUT2D eigenvalue weighted by Gasteiger charge is 1.85. The van der Waals surface area contributed by atoms with Crippen molar-refractivity contribution in [2.45, 2.75) is 6.92 Å². The van der Waals surface area contributed by atoms with Crippen LogP contribution in [0.25, 0.3) is 0 Å². The first-order valence-corrected chi connectivity index (χ1v) is 6.88. The van der Waals surface area contributed by atoms with Gasteiger partial charge in [0.25, 0.3) is 0 Å². The monoisotopic (exact) mass is 176 g/mol. The van der Waals surface area contributed by atoms with Crippen LogP contribution in [0.1, 0.15) is 6.92 Å². The lowest BCUT2D eigenvalue weighted by atomic mass is 10.8. The molecule has 44 valence electrons. The third kappa shape index (κ3) is 233. The van der Waals surface area contributed by atoms with Gasteiger partial charge in [0, 0.05) is 0 Å². The molecule has 0 amide bonds. The molecule has 0 saturated heterocycles. The van der Waals surface area contributed by atoms with E-state index in [1.165, 1.54) is 0 Å². The molecule has 7 heavy (non-hydrogen) atoms. The summed E-state index contributed by atoms with van der Waals surface area (Å²) in [4.78, 5) is 0. The molecule has 0 nitrogen and oxygen atoms in total. The second kappa shape index (κ2) is 9.95. The lowest BCUT2D eigenvalue weighted by molar-refractivity contribution is 1.80. The fourth-order valence-electron chi connectivity index (χ4n) is 0. The highest BCUT2D eigenvalue weighted by atomic mass is 35.8. The van der Waals surface area contributed by atoms with Crippen LogP contribution in [-0.2, 0) is 0 Å². The van der Waals surface area contributed by atoms with Crippen molar-refractivity contribution >= 4 is 40.0 Å². The molecule has 0 aliphatic rings. The third-order valence-electron chi connectivity index (χ3n) is 0. The van der Waals surface area contributed by atoms with E-state index in [9.17, 15) is 0 Å². The predicted molar refractivity (Wildman–Crippen MR) is 40.6 cm³/mol. The van der Waals surface area contributed by atoms with Gasteiger partial charge in [0.05, 0.1) is 0 Å². The maximum absolute atomic E-state index is 4.94. The summed E-state index contributed by atoms with van der Waals surface area (Å²) in [7, 11) is 0. The summed E-state index contributed by atoms with van der Waals surface area (Å²) in [5.41, 5.74) is 0. The number of hydrogen-bond acceptors (Lipinski definition) is 0. The van der Waals surface area contributed by atoms with Crippen LogP contribution < -0.4 is 0 Å². The minimum atomic E-state index is -1.72. The van der Waals surface area contributed by atoms with Crippen LogP contribution in [0.15, 0.2) is 12.7 Å². The van der Waals surface area contributed by atoms with E-state index in [1.54, 1.807) is 6.08 Å². The van der Waals surface area contributed by atoms with E-state index in [-0.39, 0.29) is 0 Å². The molecule has 0 aromatic rings. The second-order valence-corrected chi connectivity index (χ2v) is 7.09. The normalized spacial score (nSPS) is 7.00. The Balaban J connectivity index is 0. The van der Waals surface area contributed by atoms with Crippen molar-refractivity contribution < 1.29 is 0 Å². The van der Waals surface area contributed by atoms with Crippen molar-refractivity contribution in [1.29, 1.82) is 0 Å². The molecule has 0 unspecified atom stereocenters. The molecule has 0 fully saturated rings. The van der Waals surface area contributed by atoms with Crippen molar-refractivity contribution in [3.8, 4) is 0 Å². The summed E-state index contributed by atoms with van der Waals surface area (Å²) in [6, 6.07) is 0. The van der Waals surface area contributed by atoms with Gasteiger partial charge in [0.15, 0.2) is 0 Å². The molecule has 0 rings (SSSR count). The summed E-state index contributed by atoms with van der Waals surface area (Å²) >= 11 is 14.8. The number of rotatable bonds is 0. The van der Waals surface area contributed by atoms with Crippen LogP contribution in [0.3, 0.4) is 0 Å². The maximum atomic E-state index is 4.94. The molecule has 0 spiro atoms. The third-order valence-corrected chi connectivity index (χ3v) is 0. The average molecular weight is 178 g/mol. The van der Waals surface area contributed by atoms with E-state index in [0.717, 1.165) is 0 Å². The van der Waals surface area contributed by atoms with Crippen LogP contribution in [0.4, 0.5) is 0 Å². The number of hydrogen-bond donors (Lipinski definition) is 0. The molecule has 0 bridgehead atoms. The smallest absolute Gasteiger partial charge is 0.130 e. The van der Waals surface area contributed by atoms with Gasteiger partial charge in [-0.05, 0) is 6.92 Å². The fourth-order valence-corrected chi connectivity index (χ4v) is 0. The molecule has 0 N–H and O–H groups in total. The van der Waals surface area contributed by atoms with E-state index in [2.05, 4.69) is 6.58 Å². The van der Waals surface area contributed by atoms with Crippen molar-refractivity contribution in [3.05, 3.63) is 12.7 Å². The first kappa shape index (κ1) is 10.7. The zero-order valence-corrected chi connectivity index (χ0v) is 7.42. The molecule has 0 heterocycles. The molecule has 0 saturated carbocycles. The van der Waals surface area contributed by atoms with E-state index < -0.39 is 6.73 Å². The molecule has 4 heteroatoms. The Labute approximate surface area is 59.8 Å². The Morgan fingerprint density at radius 3 is 1.43 bits per heavy atom. The van der Waals surface area contributed by atoms with Crippen molar-refractivity contribution in [3.63, 3.8) is 0 Å². The first-order chi connectivity index (χ1) is 3.15. The topological polar surface area (TPSA) is 0 Å². The summed E-state index contributed by atoms with van der Waals surface area (Å²) in [6.07, 6.45) is 1.75. The van der Waals surface area contributed by atoms with E-state index in [1.807, 2.05) is 6.92 Å². The minimum absolute atomic E-state index is 1.72. The summed E-state index contributed by atoms with van der Waals surface area (Å²) < 4.78 is 0. The Bertz CT molecular complexity index is 34.4. The molecule has 0 aromatic carbocycles. The van der Waals surface area contributed by atoms with Gasteiger partial charge in [0.1, 0.15) is 0 Å². The Kier molecular flexibility index (Phi) is 15.3. The van der Waals surface area contributed by atoms with Gasteiger partial charge < -0.3 is 0 Å². The average Bonchev–Trinajstić information content (AvgIpc) is 1.33. The predicted octanol–water partition coefficient (Wildman–Crippen LogP) is 2.61. The van der Waals surface area contributed by atoms with Gasteiger partial charge in [-0.3, -0.25) is 0 Å². The van der Waals surface area contributed by atoms with Crippen LogP contribution in [-0.4, -0.2) is 6.73 Å². The number of halogens is 3. The van der Waals surface area contributed by atoms with Gasteiger partial charge in [-0.15, -0.1) is 39.8 Å². The molecule has 0 radical (unpaired) electrons. The lowest BCUT2D eigenvalue weighted by Crippen LogP contribution is -1.66. The van der Waals surface area contributed by atoms with E-state index in [0.29, 0.717) is 0 Å². The minimum Gasteiger partial charge on any atom is -0.130 e. The molecular formula is C3H7Cl3Si. The Morgan fingerprint density at radius 1 is 1.43 bits per heavy atom. The highest BCUT2D eigenvalue weighted by molar-refractivity contribution is 7.54. The summed E-state index contributed by atoms with van der Waals surface area (Å²) in [6.45, 7) is 3.53. The van der Waals surface area contributed by atoms with E-state index in [4.69, 9.17) is 33.2 Å². The van der Waals surface area contributed by atoms with Crippen molar-refractivity contribution in [1.82, 2.24) is 0 Å². The van der Waals surface area contributed by atoms with Crippen molar-refractivity contribution in [2.75, 3.05) is 0 Å². The Hall–Kier alpha value is 0.827. The molecule has 0 aliphatic heterocycles. The SMILES string of the molecule is C=CC.Cl[SiH](Cl)Cl. The van der Waals surface area contributed by atoms with Crippen LogP contribution in [0.5, 0.6) is 0 Å². The molecule has 0 atom stereocenters. The molecule has 0 aromatic heterocycles. The van der Waals surface area contributed by atoms with Gasteiger partial charge in [-0.25, -0.2) is 0 Å². The molecular weight excluding hydrogens is 170 g/mol. The summed E-state index contributed by atoms with van der Waals surface area (Å²) in [5, 5.41) is 0. The fraction of sp³-hybridized carbons (Fsp3) is 0.333. The zero-order valence-electron chi connectivity index (χ0n) is 4.00. The Morgan fingerprint density at radius 2 is 1.43 bits per heavy atom. The molecule has 0 aliphatic carbocycles.